The number of benzene rings is 1. The molecule has 5 rings (SSSR count). The summed E-state index contributed by atoms with van der Waals surface area (Å²) in [6.45, 7) is 6.26. The van der Waals surface area contributed by atoms with Gasteiger partial charge in [0, 0.05) is 31.7 Å². The molecule has 3 aliphatic carbocycles. The molecule has 1 heterocycles. The summed E-state index contributed by atoms with van der Waals surface area (Å²) in [6, 6.07) is 11.2. The Labute approximate surface area is 176 Å². The number of fused-ring (bicyclic) bond motifs is 5. The second kappa shape index (κ2) is 7.03. The number of hydrogen-bond acceptors (Lipinski definition) is 2. The summed E-state index contributed by atoms with van der Waals surface area (Å²) in [4.78, 5) is 14.5. The SMILES string of the molecule is CN1C(=O)CC[C@]2(C)[C@H]3CC[C@]4(C)C(CNc5ccccc5)CC[C@H]4[C@@H]3CC[C@@H]12. The van der Waals surface area contributed by atoms with Crippen LogP contribution in [0.25, 0.3) is 0 Å². The molecule has 1 saturated heterocycles. The van der Waals surface area contributed by atoms with E-state index in [1.54, 1.807) is 0 Å². The van der Waals surface area contributed by atoms with Gasteiger partial charge in [-0.05, 0) is 91.6 Å². The highest BCUT2D eigenvalue weighted by atomic mass is 16.2. The molecule has 7 atom stereocenters. The molecule has 1 unspecified atom stereocenters. The van der Waals surface area contributed by atoms with E-state index in [4.69, 9.17) is 0 Å². The zero-order valence-electron chi connectivity index (χ0n) is 18.5. The van der Waals surface area contributed by atoms with Gasteiger partial charge in [0.2, 0.25) is 5.91 Å². The highest BCUT2D eigenvalue weighted by Gasteiger charge is 2.60. The van der Waals surface area contributed by atoms with Crippen LogP contribution < -0.4 is 5.32 Å². The molecule has 1 aromatic rings. The van der Waals surface area contributed by atoms with E-state index in [-0.39, 0.29) is 0 Å². The third-order valence-corrected chi connectivity index (χ3v) is 10.1. The minimum atomic E-state index is 0.341. The summed E-state index contributed by atoms with van der Waals surface area (Å²) in [5.74, 6) is 3.73. The summed E-state index contributed by atoms with van der Waals surface area (Å²) in [5, 5.41) is 3.74. The zero-order valence-corrected chi connectivity index (χ0v) is 18.5. The summed E-state index contributed by atoms with van der Waals surface area (Å²) < 4.78 is 0. The Morgan fingerprint density at radius 2 is 1.72 bits per heavy atom. The molecule has 1 N–H and O–H groups in total. The van der Waals surface area contributed by atoms with Gasteiger partial charge in [-0.1, -0.05) is 32.0 Å². The number of nitrogens with zero attached hydrogens (tertiary/aromatic N) is 1. The first kappa shape index (κ1) is 19.5. The molecular formula is C26H38N2O. The van der Waals surface area contributed by atoms with Crippen molar-refractivity contribution in [3.8, 4) is 0 Å². The predicted octanol–water partition coefficient (Wildman–Crippen LogP) is 5.58. The van der Waals surface area contributed by atoms with Crippen molar-refractivity contribution in [3.63, 3.8) is 0 Å². The van der Waals surface area contributed by atoms with Crippen molar-refractivity contribution in [1.29, 1.82) is 0 Å². The van der Waals surface area contributed by atoms with Crippen LogP contribution in [0.3, 0.4) is 0 Å². The minimum absolute atomic E-state index is 0.341. The van der Waals surface area contributed by atoms with Gasteiger partial charge in [0.05, 0.1) is 0 Å². The van der Waals surface area contributed by atoms with Crippen LogP contribution in [-0.4, -0.2) is 30.4 Å². The lowest BCUT2D eigenvalue weighted by Crippen LogP contribution is -2.61. The Bertz CT molecular complexity index is 763. The van der Waals surface area contributed by atoms with Crippen molar-refractivity contribution < 1.29 is 4.79 Å². The van der Waals surface area contributed by atoms with Gasteiger partial charge in [0.25, 0.3) is 0 Å². The van der Waals surface area contributed by atoms with E-state index in [9.17, 15) is 4.79 Å². The number of piperidine rings is 1. The zero-order chi connectivity index (χ0) is 20.2. The van der Waals surface area contributed by atoms with Crippen LogP contribution in [0, 0.1) is 34.5 Å². The third kappa shape index (κ3) is 2.94. The molecule has 3 saturated carbocycles. The van der Waals surface area contributed by atoms with Crippen LogP contribution in [-0.2, 0) is 4.79 Å². The van der Waals surface area contributed by atoms with Gasteiger partial charge in [-0.2, -0.15) is 0 Å². The smallest absolute Gasteiger partial charge is 0.222 e. The van der Waals surface area contributed by atoms with Crippen LogP contribution in [0.15, 0.2) is 30.3 Å². The quantitative estimate of drug-likeness (QED) is 0.726. The molecule has 1 aliphatic heterocycles. The Morgan fingerprint density at radius 3 is 2.52 bits per heavy atom. The molecule has 0 bridgehead atoms. The number of amides is 1. The number of carbonyl (C=O) groups is 1. The second-order valence-corrected chi connectivity index (χ2v) is 11.0. The Balaban J connectivity index is 1.33. The minimum Gasteiger partial charge on any atom is -0.385 e. The van der Waals surface area contributed by atoms with Crippen LogP contribution in [0.2, 0.25) is 0 Å². The third-order valence-electron chi connectivity index (χ3n) is 10.1. The van der Waals surface area contributed by atoms with Gasteiger partial charge in [-0.25, -0.2) is 0 Å². The van der Waals surface area contributed by atoms with Gasteiger partial charge in [-0.15, -0.1) is 0 Å². The number of para-hydroxylation sites is 1. The molecule has 3 nitrogen and oxygen atoms in total. The van der Waals surface area contributed by atoms with Crippen LogP contribution in [0.5, 0.6) is 0 Å². The molecular weight excluding hydrogens is 356 g/mol. The lowest BCUT2D eigenvalue weighted by Gasteiger charge is -2.61. The number of rotatable bonds is 3. The fourth-order valence-electron chi connectivity index (χ4n) is 8.39. The second-order valence-electron chi connectivity index (χ2n) is 11.0. The first-order chi connectivity index (χ1) is 13.9. The molecule has 0 radical (unpaired) electrons. The monoisotopic (exact) mass is 394 g/mol. The molecule has 3 heteroatoms. The molecule has 1 aromatic carbocycles. The molecule has 1 amide bonds. The van der Waals surface area contributed by atoms with Crippen LogP contribution in [0.1, 0.15) is 65.2 Å². The average molecular weight is 395 g/mol. The van der Waals surface area contributed by atoms with Gasteiger partial charge in [-0.3, -0.25) is 4.79 Å². The lowest BCUT2D eigenvalue weighted by atomic mass is 9.47. The van der Waals surface area contributed by atoms with E-state index in [1.165, 1.54) is 44.2 Å². The van der Waals surface area contributed by atoms with E-state index in [0.717, 1.165) is 43.1 Å². The Kier molecular flexibility index (Phi) is 4.71. The summed E-state index contributed by atoms with van der Waals surface area (Å²) >= 11 is 0. The normalized spacial score (nSPS) is 44.0. The molecule has 0 aromatic heterocycles. The van der Waals surface area contributed by atoms with Gasteiger partial charge in [0.15, 0.2) is 0 Å². The summed E-state index contributed by atoms with van der Waals surface area (Å²) in [5.41, 5.74) is 2.09. The number of hydrogen-bond donors (Lipinski definition) is 1. The topological polar surface area (TPSA) is 32.3 Å². The van der Waals surface area contributed by atoms with Crippen molar-refractivity contribution in [2.24, 2.45) is 34.5 Å². The van der Waals surface area contributed by atoms with E-state index in [1.807, 2.05) is 0 Å². The molecule has 29 heavy (non-hydrogen) atoms. The number of anilines is 1. The maximum absolute atomic E-state index is 12.3. The number of likely N-dealkylation sites (tertiary alicyclic amines) is 1. The van der Waals surface area contributed by atoms with E-state index in [2.05, 4.69) is 61.4 Å². The van der Waals surface area contributed by atoms with Crippen LogP contribution >= 0.6 is 0 Å². The van der Waals surface area contributed by atoms with Crippen molar-refractivity contribution >= 4 is 11.6 Å². The average Bonchev–Trinajstić information content (AvgIpc) is 3.07. The Morgan fingerprint density at radius 1 is 0.966 bits per heavy atom. The lowest BCUT2D eigenvalue weighted by molar-refractivity contribution is -0.158. The van der Waals surface area contributed by atoms with E-state index < -0.39 is 0 Å². The summed E-state index contributed by atoms with van der Waals surface area (Å²) in [6.07, 6.45) is 9.97. The molecule has 4 aliphatic rings. The predicted molar refractivity (Wildman–Crippen MR) is 119 cm³/mol. The molecule has 158 valence electrons. The van der Waals surface area contributed by atoms with E-state index in [0.29, 0.717) is 22.8 Å². The highest BCUT2D eigenvalue weighted by molar-refractivity contribution is 5.77. The van der Waals surface area contributed by atoms with Crippen LogP contribution in [0.4, 0.5) is 5.69 Å². The standard InChI is InChI=1S/C26H38N2O/c1-25-15-13-22-20(10-12-23-26(22,2)16-14-24(29)28(23)3)21(25)11-9-18(25)17-27-19-7-5-4-6-8-19/h4-8,18,20-23,27H,9-17H2,1-3H3/t18?,20-,21-,22-,23+,25+,26+/m0/s1. The fraction of sp³-hybridized carbons (Fsp3) is 0.731. The number of nitrogens with one attached hydrogen (secondary N) is 1. The Hall–Kier alpha value is -1.51. The first-order valence-corrected chi connectivity index (χ1v) is 12.0. The summed E-state index contributed by atoms with van der Waals surface area (Å²) in [7, 11) is 2.07. The highest BCUT2D eigenvalue weighted by Crippen LogP contribution is 2.66. The van der Waals surface area contributed by atoms with Crippen molar-refractivity contribution in [2.75, 3.05) is 18.9 Å². The van der Waals surface area contributed by atoms with Gasteiger partial charge < -0.3 is 10.2 Å². The maximum Gasteiger partial charge on any atom is 0.222 e. The van der Waals surface area contributed by atoms with Crippen molar-refractivity contribution in [3.05, 3.63) is 30.3 Å². The van der Waals surface area contributed by atoms with Gasteiger partial charge >= 0.3 is 0 Å². The van der Waals surface area contributed by atoms with Gasteiger partial charge in [0.1, 0.15) is 0 Å². The van der Waals surface area contributed by atoms with E-state index >= 15 is 0 Å². The van der Waals surface area contributed by atoms with Crippen molar-refractivity contribution in [2.45, 2.75) is 71.3 Å². The maximum atomic E-state index is 12.3. The fourth-order valence-corrected chi connectivity index (χ4v) is 8.39. The first-order valence-electron chi connectivity index (χ1n) is 12.0. The van der Waals surface area contributed by atoms with Crippen molar-refractivity contribution in [1.82, 2.24) is 4.90 Å². The number of carbonyl (C=O) groups excluding carboxylic acids is 1. The molecule has 0 spiro atoms. The largest absolute Gasteiger partial charge is 0.385 e. The molecule has 4 fully saturated rings.